The molecular weight excluding hydrogens is 768 g/mol. The van der Waals surface area contributed by atoms with Gasteiger partial charge in [0.1, 0.15) is 18.0 Å². The van der Waals surface area contributed by atoms with Gasteiger partial charge in [0.15, 0.2) is 29.0 Å². The highest BCUT2D eigenvalue weighted by Gasteiger charge is 2.21. The average molecular weight is 798 g/mol. The number of anilines is 4. The Bertz CT molecular complexity index is 2800. The van der Waals surface area contributed by atoms with Crippen molar-refractivity contribution in [1.82, 2.24) is 24.9 Å². The maximum Gasteiger partial charge on any atom is 0.263 e. The van der Waals surface area contributed by atoms with Crippen molar-refractivity contribution in [3.63, 3.8) is 0 Å². The highest BCUT2D eigenvalue weighted by atomic mass is 35.5. The van der Waals surface area contributed by atoms with Crippen LogP contribution in [0.1, 0.15) is 11.3 Å². The number of aromatic amines is 1. The smallest absolute Gasteiger partial charge is 0.263 e. The number of nitrogen functional groups attached to an aromatic ring is 1. The molecule has 54 heavy (non-hydrogen) atoms. The molecule has 0 atom stereocenters. The molecule has 0 amide bonds. The van der Waals surface area contributed by atoms with Crippen LogP contribution < -0.4 is 25.2 Å². The number of fused-ring (bicyclic) bond motifs is 4. The second-order valence-electron chi connectivity index (χ2n) is 12.2. The Balaban J connectivity index is 0.000000164. The number of sulfonamides is 1. The first-order chi connectivity index (χ1) is 26.0. The van der Waals surface area contributed by atoms with Gasteiger partial charge in [-0.3, -0.25) is 4.72 Å². The molecule has 16 heteroatoms. The van der Waals surface area contributed by atoms with E-state index in [4.69, 9.17) is 38.4 Å². The quantitative estimate of drug-likeness (QED) is 0.127. The molecule has 12 nitrogen and oxygen atoms in total. The summed E-state index contributed by atoms with van der Waals surface area (Å²) < 4.78 is 39.6. The van der Waals surface area contributed by atoms with E-state index < -0.39 is 10.0 Å². The summed E-state index contributed by atoms with van der Waals surface area (Å²) in [6, 6.07) is 26.3. The second kappa shape index (κ2) is 14.3. The third-order valence-corrected chi connectivity index (χ3v) is 11.8. The molecule has 0 aliphatic carbocycles. The van der Waals surface area contributed by atoms with Gasteiger partial charge in [0.2, 0.25) is 0 Å². The van der Waals surface area contributed by atoms with Crippen molar-refractivity contribution in [2.75, 3.05) is 29.0 Å². The summed E-state index contributed by atoms with van der Waals surface area (Å²) in [5.74, 6) is 2.33. The first kappa shape index (κ1) is 35.4. The number of pyridine rings is 1. The molecule has 4 aromatic heterocycles. The Hall–Kier alpha value is -5.67. The number of nitrogens with zero attached hydrogens (tertiary/aromatic N) is 4. The number of hydrogen-bond acceptors (Lipinski definition) is 11. The van der Waals surface area contributed by atoms with Crippen molar-refractivity contribution in [3.05, 3.63) is 112 Å². The number of aromatic nitrogens is 5. The molecule has 0 bridgehead atoms. The van der Waals surface area contributed by atoms with Gasteiger partial charge in [0.25, 0.3) is 10.0 Å². The molecule has 4 aromatic carbocycles. The Labute approximate surface area is 323 Å². The lowest BCUT2D eigenvalue weighted by Gasteiger charge is -2.19. The topological polar surface area (TPSA) is 170 Å². The van der Waals surface area contributed by atoms with Crippen molar-refractivity contribution in [3.8, 4) is 22.2 Å². The average Bonchev–Trinajstić information content (AvgIpc) is 3.75. The number of thiophene rings is 1. The minimum absolute atomic E-state index is 0.0575. The van der Waals surface area contributed by atoms with Crippen LogP contribution >= 0.6 is 34.5 Å². The highest BCUT2D eigenvalue weighted by Crippen LogP contribution is 2.43. The molecule has 1 aliphatic rings. The van der Waals surface area contributed by atoms with Crippen LogP contribution in [0.15, 0.2) is 95.9 Å². The molecule has 0 saturated heterocycles. The highest BCUT2D eigenvalue weighted by molar-refractivity contribution is 7.92. The second-order valence-corrected chi connectivity index (χ2v) is 15.7. The fraction of sp³-hybridized carbons (Fsp3) is 0.105. The molecule has 8 aromatic rings. The fourth-order valence-corrected chi connectivity index (χ4v) is 8.33. The van der Waals surface area contributed by atoms with Crippen molar-refractivity contribution < 1.29 is 17.9 Å². The van der Waals surface area contributed by atoms with Gasteiger partial charge in [-0.05, 0) is 80.1 Å². The zero-order chi connectivity index (χ0) is 37.6. The number of nitrogens with two attached hydrogens (primary N) is 1. The molecule has 272 valence electrons. The van der Waals surface area contributed by atoms with E-state index in [1.165, 1.54) is 24.3 Å². The van der Waals surface area contributed by atoms with Crippen LogP contribution in [-0.2, 0) is 10.0 Å². The number of nitrogens with one attached hydrogen (secondary N) is 3. The van der Waals surface area contributed by atoms with E-state index in [2.05, 4.69) is 35.0 Å². The summed E-state index contributed by atoms with van der Waals surface area (Å²) in [5.41, 5.74) is 12.6. The molecule has 5 N–H and O–H groups in total. The van der Waals surface area contributed by atoms with Gasteiger partial charge < -0.3 is 25.5 Å². The Morgan fingerprint density at radius 3 is 2.19 bits per heavy atom. The van der Waals surface area contributed by atoms with Crippen molar-refractivity contribution in [1.29, 1.82) is 0 Å². The maximum absolute atomic E-state index is 13.0. The van der Waals surface area contributed by atoms with Gasteiger partial charge in [-0.25, -0.2) is 28.4 Å². The van der Waals surface area contributed by atoms with Gasteiger partial charge in [-0.2, -0.15) is 0 Å². The van der Waals surface area contributed by atoms with Crippen molar-refractivity contribution >= 4 is 99.9 Å². The van der Waals surface area contributed by atoms with Crippen molar-refractivity contribution in [2.24, 2.45) is 0 Å². The number of H-pyrrole nitrogens is 1. The van der Waals surface area contributed by atoms with Crippen LogP contribution in [0, 0.1) is 13.8 Å². The molecule has 0 radical (unpaired) electrons. The molecule has 0 saturated carbocycles. The van der Waals surface area contributed by atoms with Gasteiger partial charge in [0.05, 0.1) is 48.2 Å². The van der Waals surface area contributed by atoms with Crippen LogP contribution in [0.2, 0.25) is 10.0 Å². The van der Waals surface area contributed by atoms with Gasteiger partial charge >= 0.3 is 0 Å². The fourth-order valence-electron chi connectivity index (χ4n) is 5.91. The molecule has 0 fully saturated rings. The summed E-state index contributed by atoms with van der Waals surface area (Å²) >= 11 is 13.7. The SMILES string of the molecule is Cc1nc2sc(-c3nc4ccccc4[nH]3)c(N)c2c(C)c1Cl.O=S(=O)(Nc1nc2ccccc2nc1Nc1ccc2c(c1)OCCO2)c1ccc(Cl)cc1. The number of imidazole rings is 1. The standard InChI is InChI=1S/C22H17ClN4O4S.C16H13ClN4S/c23-14-5-8-16(9-6-14)32(28,29)27-22-21(25-17-3-1-2-4-18(17)26-22)24-15-7-10-19-20(13-15)31-12-11-30-19;1-7-11-13(18)14(22-16(11)19-8(2)12(7)17)15-20-9-5-3-4-6-10(9)21-15/h1-10,13H,11-12H2,(H,24,25)(H,26,27);3-6H,18H2,1-2H3,(H,20,21). The van der Waals surface area contributed by atoms with Crippen LogP contribution in [0.25, 0.3) is 43.0 Å². The predicted molar refractivity (Wildman–Crippen MR) is 216 cm³/mol. The van der Waals surface area contributed by atoms with E-state index in [0.717, 1.165) is 43.2 Å². The van der Waals surface area contributed by atoms with Gasteiger partial charge in [0, 0.05) is 22.2 Å². The first-order valence-corrected chi connectivity index (χ1v) is 19.6. The molecular formula is C38H30Cl2N8O4S2. The summed E-state index contributed by atoms with van der Waals surface area (Å²) in [6.45, 7) is 4.83. The number of rotatable bonds is 6. The Morgan fingerprint density at radius 2 is 1.46 bits per heavy atom. The van der Waals surface area contributed by atoms with E-state index in [-0.39, 0.29) is 16.5 Å². The maximum atomic E-state index is 13.0. The summed E-state index contributed by atoms with van der Waals surface area (Å²) in [4.78, 5) is 23.4. The minimum Gasteiger partial charge on any atom is -0.486 e. The van der Waals surface area contributed by atoms with E-state index in [1.54, 1.807) is 41.7 Å². The lowest BCUT2D eigenvalue weighted by molar-refractivity contribution is 0.171. The largest absolute Gasteiger partial charge is 0.486 e. The van der Waals surface area contributed by atoms with E-state index in [1.807, 2.05) is 50.2 Å². The summed E-state index contributed by atoms with van der Waals surface area (Å²) in [5, 5.41) is 5.18. The molecule has 0 unspecified atom stereocenters. The molecule has 5 heterocycles. The van der Waals surface area contributed by atoms with Gasteiger partial charge in [-0.15, -0.1) is 11.3 Å². The van der Waals surface area contributed by atoms with Crippen LogP contribution in [0.5, 0.6) is 11.5 Å². The van der Waals surface area contributed by atoms with Crippen LogP contribution in [-0.4, -0.2) is 46.6 Å². The van der Waals surface area contributed by atoms with Crippen LogP contribution in [0.4, 0.5) is 23.0 Å². The Kier molecular flexibility index (Phi) is 9.36. The zero-order valence-corrected chi connectivity index (χ0v) is 31.8. The molecule has 9 rings (SSSR count). The number of hydrogen-bond donors (Lipinski definition) is 4. The van der Waals surface area contributed by atoms with E-state index in [9.17, 15) is 8.42 Å². The third-order valence-electron chi connectivity index (χ3n) is 8.55. The minimum atomic E-state index is -3.92. The van der Waals surface area contributed by atoms with E-state index in [0.29, 0.717) is 57.2 Å². The molecule has 0 spiro atoms. The van der Waals surface area contributed by atoms with Crippen molar-refractivity contribution in [2.45, 2.75) is 18.7 Å². The predicted octanol–water partition coefficient (Wildman–Crippen LogP) is 9.29. The zero-order valence-electron chi connectivity index (χ0n) is 28.6. The van der Waals surface area contributed by atoms with Crippen LogP contribution in [0.3, 0.4) is 0 Å². The number of benzene rings is 4. The number of aryl methyl sites for hydroxylation is 2. The monoisotopic (exact) mass is 796 g/mol. The molecule has 1 aliphatic heterocycles. The number of halogens is 2. The van der Waals surface area contributed by atoms with E-state index >= 15 is 0 Å². The normalized spacial score (nSPS) is 12.4. The lowest BCUT2D eigenvalue weighted by atomic mass is 10.1. The number of ether oxygens (including phenoxy) is 2. The summed E-state index contributed by atoms with van der Waals surface area (Å²) in [7, 11) is -3.92. The number of para-hydroxylation sites is 4. The Morgan fingerprint density at radius 1 is 0.796 bits per heavy atom. The third kappa shape index (κ3) is 6.92. The van der Waals surface area contributed by atoms with Gasteiger partial charge in [-0.1, -0.05) is 47.5 Å². The lowest BCUT2D eigenvalue weighted by Crippen LogP contribution is -2.16. The summed E-state index contributed by atoms with van der Waals surface area (Å²) in [6.07, 6.45) is 0. The first-order valence-electron chi connectivity index (χ1n) is 16.6.